The van der Waals surface area contributed by atoms with Gasteiger partial charge in [-0.1, -0.05) is 18.5 Å². The summed E-state index contributed by atoms with van der Waals surface area (Å²) in [5, 5.41) is 30.8. The first-order valence-corrected chi connectivity index (χ1v) is 5.68. The Morgan fingerprint density at radius 2 is 2.06 bits per heavy atom. The van der Waals surface area contributed by atoms with Crippen LogP contribution < -0.4 is 5.32 Å². The van der Waals surface area contributed by atoms with E-state index in [9.17, 15) is 10.2 Å². The molecular weight excluding hydrogens is 240 g/mol. The van der Waals surface area contributed by atoms with Crippen LogP contribution in [0.1, 0.15) is 18.9 Å². The minimum Gasteiger partial charge on any atom is -0.394 e. The lowest BCUT2D eigenvalue weighted by atomic mass is 9.98. The van der Waals surface area contributed by atoms with Crippen LogP contribution in [-0.4, -0.2) is 29.0 Å². The van der Waals surface area contributed by atoms with Gasteiger partial charge in [0.1, 0.15) is 0 Å². The fourth-order valence-electron chi connectivity index (χ4n) is 1.41. The van der Waals surface area contributed by atoms with E-state index < -0.39 is 5.54 Å². The van der Waals surface area contributed by atoms with E-state index in [2.05, 4.69) is 5.32 Å². The number of nitriles is 1. The number of rotatable bonds is 5. The minimum absolute atomic E-state index is 0.198. The van der Waals surface area contributed by atoms with Gasteiger partial charge >= 0.3 is 0 Å². The summed E-state index contributed by atoms with van der Waals surface area (Å²) >= 11 is 6.01. The van der Waals surface area contributed by atoms with E-state index in [0.717, 1.165) is 0 Å². The van der Waals surface area contributed by atoms with Crippen LogP contribution in [0.25, 0.3) is 0 Å². The van der Waals surface area contributed by atoms with Crippen molar-refractivity contribution in [2.45, 2.75) is 18.9 Å². The van der Waals surface area contributed by atoms with Gasteiger partial charge < -0.3 is 15.5 Å². The SMILES string of the molecule is CCC(CO)(CO)Nc1ccc(C#N)cc1Cl. The van der Waals surface area contributed by atoms with Gasteiger partial charge in [-0.15, -0.1) is 0 Å². The van der Waals surface area contributed by atoms with Crippen LogP contribution in [0.4, 0.5) is 5.69 Å². The lowest BCUT2D eigenvalue weighted by Crippen LogP contribution is -2.45. The number of hydrogen-bond donors (Lipinski definition) is 3. The second-order valence-corrected chi connectivity index (χ2v) is 4.29. The molecule has 5 heteroatoms. The lowest BCUT2D eigenvalue weighted by molar-refractivity contribution is 0.132. The van der Waals surface area contributed by atoms with Crippen LogP contribution >= 0.6 is 11.6 Å². The normalized spacial score (nSPS) is 11.0. The van der Waals surface area contributed by atoms with Gasteiger partial charge in [-0.25, -0.2) is 0 Å². The van der Waals surface area contributed by atoms with Crippen LogP contribution in [0.15, 0.2) is 18.2 Å². The highest BCUT2D eigenvalue weighted by Gasteiger charge is 2.26. The summed E-state index contributed by atoms with van der Waals surface area (Å²) in [5.41, 5.74) is 0.268. The third kappa shape index (κ3) is 3.10. The van der Waals surface area contributed by atoms with Crippen molar-refractivity contribution in [1.82, 2.24) is 0 Å². The average Bonchev–Trinajstić information content (AvgIpc) is 2.38. The number of hydrogen-bond acceptors (Lipinski definition) is 4. The van der Waals surface area contributed by atoms with Gasteiger partial charge in [0.2, 0.25) is 0 Å². The molecule has 1 aromatic rings. The summed E-state index contributed by atoms with van der Waals surface area (Å²) < 4.78 is 0. The topological polar surface area (TPSA) is 76.3 Å². The Morgan fingerprint density at radius 1 is 1.41 bits per heavy atom. The molecule has 0 atom stereocenters. The van der Waals surface area contributed by atoms with Gasteiger partial charge in [0, 0.05) is 0 Å². The van der Waals surface area contributed by atoms with Crippen LogP contribution in [0.3, 0.4) is 0 Å². The number of nitrogens with zero attached hydrogens (tertiary/aromatic N) is 1. The van der Waals surface area contributed by atoms with Gasteiger partial charge in [-0.2, -0.15) is 5.26 Å². The van der Waals surface area contributed by atoms with Crippen molar-refractivity contribution in [3.05, 3.63) is 28.8 Å². The Hall–Kier alpha value is -1.28. The zero-order valence-electron chi connectivity index (χ0n) is 9.57. The molecule has 0 radical (unpaired) electrons. The first-order valence-electron chi connectivity index (χ1n) is 5.30. The Balaban J connectivity index is 2.99. The van der Waals surface area contributed by atoms with Crippen LogP contribution in [0, 0.1) is 11.3 Å². The minimum atomic E-state index is -0.794. The molecular formula is C12H15ClN2O2. The maximum absolute atomic E-state index is 9.31. The van der Waals surface area contributed by atoms with Gasteiger partial charge in [-0.05, 0) is 24.6 Å². The summed E-state index contributed by atoms with van der Waals surface area (Å²) in [6.45, 7) is 1.46. The molecule has 4 nitrogen and oxygen atoms in total. The molecule has 1 aromatic carbocycles. The monoisotopic (exact) mass is 254 g/mol. The average molecular weight is 255 g/mol. The molecule has 17 heavy (non-hydrogen) atoms. The highest BCUT2D eigenvalue weighted by Crippen LogP contribution is 2.27. The molecule has 1 rings (SSSR count). The molecule has 0 aliphatic heterocycles. The van der Waals surface area contributed by atoms with E-state index >= 15 is 0 Å². The second-order valence-electron chi connectivity index (χ2n) is 3.88. The van der Waals surface area contributed by atoms with Crippen molar-refractivity contribution in [3.8, 4) is 6.07 Å². The number of halogens is 1. The summed E-state index contributed by atoms with van der Waals surface area (Å²) in [6.07, 6.45) is 0.552. The standard InChI is InChI=1S/C12H15ClN2O2/c1-2-12(7-16,8-17)15-11-4-3-9(6-14)5-10(11)13/h3-5,15-17H,2,7-8H2,1H3. The van der Waals surface area contributed by atoms with Gasteiger partial charge in [0.15, 0.2) is 0 Å². The van der Waals surface area contributed by atoms with Gasteiger partial charge in [-0.3, -0.25) is 0 Å². The third-order valence-electron chi connectivity index (χ3n) is 2.78. The van der Waals surface area contributed by atoms with Crippen LogP contribution in [0.5, 0.6) is 0 Å². The summed E-state index contributed by atoms with van der Waals surface area (Å²) in [7, 11) is 0. The van der Waals surface area contributed by atoms with Crippen molar-refractivity contribution >= 4 is 17.3 Å². The molecule has 92 valence electrons. The number of aliphatic hydroxyl groups excluding tert-OH is 2. The summed E-state index contributed by atoms with van der Waals surface area (Å²) in [5.74, 6) is 0. The fraction of sp³-hybridized carbons (Fsp3) is 0.417. The van der Waals surface area contributed by atoms with Crippen molar-refractivity contribution in [1.29, 1.82) is 5.26 Å². The maximum Gasteiger partial charge on any atom is 0.0992 e. The number of aliphatic hydroxyl groups is 2. The first kappa shape index (κ1) is 13.8. The first-order chi connectivity index (χ1) is 8.10. The second kappa shape index (κ2) is 5.87. The smallest absolute Gasteiger partial charge is 0.0992 e. The van der Waals surface area contributed by atoms with E-state index in [1.165, 1.54) is 0 Å². The molecule has 0 aliphatic rings. The molecule has 0 bridgehead atoms. The molecule has 0 heterocycles. The summed E-state index contributed by atoms with van der Waals surface area (Å²) in [4.78, 5) is 0. The molecule has 0 aromatic heterocycles. The van der Waals surface area contributed by atoms with E-state index in [1.807, 2.05) is 13.0 Å². The van der Waals surface area contributed by atoms with Crippen molar-refractivity contribution < 1.29 is 10.2 Å². The Bertz CT molecular complexity index is 417. The number of nitrogens with one attached hydrogen (secondary N) is 1. The van der Waals surface area contributed by atoms with Gasteiger partial charge in [0.05, 0.1) is 41.1 Å². The molecule has 0 amide bonds. The van der Waals surface area contributed by atoms with Crippen LogP contribution in [-0.2, 0) is 0 Å². The number of benzene rings is 1. The third-order valence-corrected chi connectivity index (χ3v) is 3.09. The van der Waals surface area contributed by atoms with Crippen molar-refractivity contribution in [3.63, 3.8) is 0 Å². The maximum atomic E-state index is 9.31. The quantitative estimate of drug-likeness (QED) is 0.748. The predicted molar refractivity (Wildman–Crippen MR) is 67.0 cm³/mol. The largest absolute Gasteiger partial charge is 0.394 e. The number of anilines is 1. The van der Waals surface area contributed by atoms with E-state index in [-0.39, 0.29) is 13.2 Å². The van der Waals surface area contributed by atoms with Gasteiger partial charge in [0.25, 0.3) is 0 Å². The zero-order chi connectivity index (χ0) is 12.9. The highest BCUT2D eigenvalue weighted by atomic mass is 35.5. The Kier molecular flexibility index (Phi) is 4.76. The van der Waals surface area contributed by atoms with Crippen molar-refractivity contribution in [2.75, 3.05) is 18.5 Å². The molecule has 0 saturated heterocycles. The zero-order valence-corrected chi connectivity index (χ0v) is 10.3. The molecule has 0 spiro atoms. The van der Waals surface area contributed by atoms with Crippen LogP contribution in [0.2, 0.25) is 5.02 Å². The van der Waals surface area contributed by atoms with E-state index in [1.54, 1.807) is 18.2 Å². The molecule has 0 aliphatic carbocycles. The lowest BCUT2D eigenvalue weighted by Gasteiger charge is -2.31. The Labute approximate surface area is 105 Å². The molecule has 0 saturated carbocycles. The Morgan fingerprint density at radius 3 is 2.47 bits per heavy atom. The van der Waals surface area contributed by atoms with E-state index in [4.69, 9.17) is 16.9 Å². The molecule has 3 N–H and O–H groups in total. The highest BCUT2D eigenvalue weighted by molar-refractivity contribution is 6.33. The van der Waals surface area contributed by atoms with E-state index in [0.29, 0.717) is 22.7 Å². The fourth-order valence-corrected chi connectivity index (χ4v) is 1.64. The summed E-state index contributed by atoms with van der Waals surface area (Å²) in [6, 6.07) is 6.82. The van der Waals surface area contributed by atoms with Crippen molar-refractivity contribution in [2.24, 2.45) is 0 Å². The molecule has 0 unspecified atom stereocenters. The predicted octanol–water partition coefficient (Wildman–Crippen LogP) is 1.76. The molecule has 0 fully saturated rings.